The number of piperidine rings is 1. The monoisotopic (exact) mass is 263 g/mol. The standard InChI is InChI=1S/C14H25N5/c1-3-10(2)7-13-16-14(18-17-13)19-8-11-5-4-6-15-12(11)9-19/h10-12,15H,3-9H2,1-2H3,(H,16,17,18). The molecule has 0 spiro atoms. The van der Waals surface area contributed by atoms with E-state index < -0.39 is 0 Å². The summed E-state index contributed by atoms with van der Waals surface area (Å²) in [7, 11) is 0. The zero-order valence-corrected chi connectivity index (χ0v) is 12.0. The molecule has 2 aliphatic rings. The van der Waals surface area contributed by atoms with Gasteiger partial charge in [-0.3, -0.25) is 5.10 Å². The van der Waals surface area contributed by atoms with Gasteiger partial charge in [0.15, 0.2) is 0 Å². The molecule has 1 aromatic rings. The van der Waals surface area contributed by atoms with Crippen LogP contribution in [0.25, 0.3) is 0 Å². The second-order valence-corrected chi connectivity index (χ2v) is 6.17. The molecule has 19 heavy (non-hydrogen) atoms. The fourth-order valence-electron chi connectivity index (χ4n) is 3.20. The van der Waals surface area contributed by atoms with Crippen LogP contribution in [0.5, 0.6) is 0 Å². The maximum atomic E-state index is 4.67. The van der Waals surface area contributed by atoms with Gasteiger partial charge in [0, 0.05) is 25.6 Å². The fourth-order valence-corrected chi connectivity index (χ4v) is 3.20. The van der Waals surface area contributed by atoms with Crippen molar-refractivity contribution in [3.63, 3.8) is 0 Å². The van der Waals surface area contributed by atoms with E-state index >= 15 is 0 Å². The lowest BCUT2D eigenvalue weighted by Crippen LogP contribution is -2.40. The van der Waals surface area contributed by atoms with E-state index in [1.807, 2.05) is 0 Å². The van der Waals surface area contributed by atoms with Gasteiger partial charge in [0.2, 0.25) is 5.95 Å². The van der Waals surface area contributed by atoms with Crippen molar-refractivity contribution in [2.24, 2.45) is 11.8 Å². The zero-order valence-electron chi connectivity index (χ0n) is 12.0. The number of rotatable bonds is 4. The summed E-state index contributed by atoms with van der Waals surface area (Å²) in [4.78, 5) is 7.01. The summed E-state index contributed by atoms with van der Waals surface area (Å²) in [5, 5.41) is 11.1. The number of anilines is 1. The Morgan fingerprint density at radius 2 is 2.32 bits per heavy atom. The van der Waals surface area contributed by atoms with Gasteiger partial charge in [0.1, 0.15) is 5.82 Å². The van der Waals surface area contributed by atoms with Crippen molar-refractivity contribution in [1.29, 1.82) is 0 Å². The molecule has 3 atom stereocenters. The Labute approximate surface area is 115 Å². The maximum absolute atomic E-state index is 4.67. The molecule has 0 radical (unpaired) electrons. The van der Waals surface area contributed by atoms with Gasteiger partial charge < -0.3 is 10.2 Å². The van der Waals surface area contributed by atoms with E-state index in [9.17, 15) is 0 Å². The van der Waals surface area contributed by atoms with E-state index in [4.69, 9.17) is 0 Å². The number of aromatic amines is 1. The van der Waals surface area contributed by atoms with Gasteiger partial charge >= 0.3 is 0 Å². The van der Waals surface area contributed by atoms with Crippen LogP contribution < -0.4 is 10.2 Å². The van der Waals surface area contributed by atoms with Crippen LogP contribution >= 0.6 is 0 Å². The lowest BCUT2D eigenvalue weighted by Gasteiger charge is -2.24. The van der Waals surface area contributed by atoms with Crippen LogP contribution in [0.4, 0.5) is 5.95 Å². The predicted octanol–water partition coefficient (Wildman–Crippen LogP) is 1.58. The van der Waals surface area contributed by atoms with Crippen LogP contribution in [0.3, 0.4) is 0 Å². The number of H-pyrrole nitrogens is 1. The molecule has 3 unspecified atom stereocenters. The van der Waals surface area contributed by atoms with Gasteiger partial charge in [0.05, 0.1) is 0 Å². The molecule has 106 valence electrons. The molecular formula is C14H25N5. The van der Waals surface area contributed by atoms with Crippen molar-refractivity contribution in [1.82, 2.24) is 20.5 Å². The summed E-state index contributed by atoms with van der Waals surface area (Å²) in [6.07, 6.45) is 4.84. The van der Waals surface area contributed by atoms with Crippen LogP contribution in [0.1, 0.15) is 38.9 Å². The summed E-state index contributed by atoms with van der Waals surface area (Å²) in [6, 6.07) is 0.644. The zero-order chi connectivity index (χ0) is 13.2. The molecule has 0 amide bonds. The molecule has 3 heterocycles. The molecule has 5 heteroatoms. The average molecular weight is 263 g/mol. The van der Waals surface area contributed by atoms with Crippen LogP contribution in [-0.4, -0.2) is 40.9 Å². The third kappa shape index (κ3) is 2.76. The fraction of sp³-hybridized carbons (Fsp3) is 0.857. The first kappa shape index (κ1) is 12.9. The number of aromatic nitrogens is 3. The second-order valence-electron chi connectivity index (χ2n) is 6.17. The van der Waals surface area contributed by atoms with Gasteiger partial charge in [-0.1, -0.05) is 20.3 Å². The molecule has 2 aliphatic heterocycles. The smallest absolute Gasteiger partial charge is 0.244 e. The van der Waals surface area contributed by atoms with E-state index in [1.165, 1.54) is 25.8 Å². The quantitative estimate of drug-likeness (QED) is 0.866. The molecule has 2 fully saturated rings. The number of nitrogens with zero attached hydrogens (tertiary/aromatic N) is 3. The van der Waals surface area contributed by atoms with Crippen LogP contribution in [-0.2, 0) is 6.42 Å². The summed E-state index contributed by atoms with van der Waals surface area (Å²) >= 11 is 0. The molecular weight excluding hydrogens is 238 g/mol. The van der Waals surface area contributed by atoms with Crippen molar-refractivity contribution >= 4 is 5.95 Å². The van der Waals surface area contributed by atoms with Gasteiger partial charge in [-0.05, 0) is 31.2 Å². The second kappa shape index (κ2) is 5.49. The topological polar surface area (TPSA) is 56.8 Å². The Balaban J connectivity index is 1.63. The highest BCUT2D eigenvalue weighted by Gasteiger charge is 2.35. The Morgan fingerprint density at radius 1 is 1.42 bits per heavy atom. The minimum Gasteiger partial charge on any atom is -0.338 e. The largest absolute Gasteiger partial charge is 0.338 e. The normalized spacial score (nSPS) is 28.4. The van der Waals surface area contributed by atoms with E-state index in [2.05, 4.69) is 39.2 Å². The first-order valence-electron chi connectivity index (χ1n) is 7.66. The molecule has 0 aromatic carbocycles. The summed E-state index contributed by atoms with van der Waals surface area (Å²) < 4.78 is 0. The summed E-state index contributed by atoms with van der Waals surface area (Å²) in [5.41, 5.74) is 0. The number of nitrogens with one attached hydrogen (secondary N) is 2. The van der Waals surface area contributed by atoms with Gasteiger partial charge in [-0.2, -0.15) is 4.98 Å². The Kier molecular flexibility index (Phi) is 3.73. The Hall–Kier alpha value is -1.10. The van der Waals surface area contributed by atoms with Crippen LogP contribution in [0.2, 0.25) is 0 Å². The molecule has 2 saturated heterocycles. The number of hydrogen-bond acceptors (Lipinski definition) is 4. The SMILES string of the molecule is CCC(C)Cc1nc(N2CC3CCCNC3C2)n[nH]1. The van der Waals surface area contributed by atoms with E-state index in [1.54, 1.807) is 0 Å². The molecule has 1 aromatic heterocycles. The van der Waals surface area contributed by atoms with Crippen molar-refractivity contribution in [2.45, 2.75) is 45.6 Å². The third-order valence-electron chi connectivity index (χ3n) is 4.64. The molecule has 0 aliphatic carbocycles. The van der Waals surface area contributed by atoms with E-state index in [0.29, 0.717) is 12.0 Å². The highest BCUT2D eigenvalue weighted by Crippen LogP contribution is 2.27. The number of hydrogen-bond donors (Lipinski definition) is 2. The lowest BCUT2D eigenvalue weighted by atomic mass is 9.94. The molecule has 5 nitrogen and oxygen atoms in total. The van der Waals surface area contributed by atoms with Crippen molar-refractivity contribution in [3.8, 4) is 0 Å². The van der Waals surface area contributed by atoms with Crippen molar-refractivity contribution < 1.29 is 0 Å². The van der Waals surface area contributed by atoms with E-state index in [0.717, 1.165) is 37.2 Å². The minimum absolute atomic E-state index is 0.644. The van der Waals surface area contributed by atoms with Crippen LogP contribution in [0.15, 0.2) is 0 Å². The van der Waals surface area contributed by atoms with Gasteiger partial charge in [0.25, 0.3) is 0 Å². The predicted molar refractivity (Wildman–Crippen MR) is 76.3 cm³/mol. The van der Waals surface area contributed by atoms with Crippen LogP contribution in [0, 0.1) is 11.8 Å². The Bertz CT molecular complexity index is 402. The van der Waals surface area contributed by atoms with Crippen molar-refractivity contribution in [3.05, 3.63) is 5.82 Å². The molecule has 0 saturated carbocycles. The summed E-state index contributed by atoms with van der Waals surface area (Å²) in [5.74, 6) is 3.38. The molecule has 2 N–H and O–H groups in total. The summed E-state index contributed by atoms with van der Waals surface area (Å²) in [6.45, 7) is 7.82. The average Bonchev–Trinajstić information content (AvgIpc) is 3.04. The molecule has 0 bridgehead atoms. The van der Waals surface area contributed by atoms with Gasteiger partial charge in [-0.15, -0.1) is 5.10 Å². The minimum atomic E-state index is 0.644. The lowest BCUT2D eigenvalue weighted by molar-refractivity contribution is 0.340. The Morgan fingerprint density at radius 3 is 3.11 bits per heavy atom. The third-order valence-corrected chi connectivity index (χ3v) is 4.64. The first-order valence-corrected chi connectivity index (χ1v) is 7.66. The van der Waals surface area contributed by atoms with Crippen molar-refractivity contribution in [2.75, 3.05) is 24.5 Å². The van der Waals surface area contributed by atoms with Gasteiger partial charge in [-0.25, -0.2) is 0 Å². The first-order chi connectivity index (χ1) is 9.26. The van der Waals surface area contributed by atoms with E-state index in [-0.39, 0.29) is 0 Å². The maximum Gasteiger partial charge on any atom is 0.244 e. The highest BCUT2D eigenvalue weighted by atomic mass is 15.4. The molecule has 3 rings (SSSR count). The highest BCUT2D eigenvalue weighted by molar-refractivity contribution is 5.32. The number of fused-ring (bicyclic) bond motifs is 1.